The number of nitrogens with zero attached hydrogens (tertiary/aromatic N) is 6. The van der Waals surface area contributed by atoms with Gasteiger partial charge in [-0.2, -0.15) is 18.3 Å². The third-order valence-electron chi connectivity index (χ3n) is 6.17. The lowest BCUT2D eigenvalue weighted by atomic mass is 10.0. The summed E-state index contributed by atoms with van der Waals surface area (Å²) in [6, 6.07) is 1.32. The largest absolute Gasteiger partial charge is 0.408 e. The van der Waals surface area contributed by atoms with E-state index in [1.165, 1.54) is 29.1 Å². The van der Waals surface area contributed by atoms with Crippen LogP contribution in [0, 0.1) is 11.8 Å². The van der Waals surface area contributed by atoms with E-state index in [1.54, 1.807) is 4.90 Å². The van der Waals surface area contributed by atoms with Crippen LogP contribution in [0.15, 0.2) is 31.4 Å². The molecule has 0 aliphatic carbocycles. The molecule has 2 aliphatic rings. The van der Waals surface area contributed by atoms with E-state index in [0.717, 1.165) is 10.9 Å². The van der Waals surface area contributed by atoms with Gasteiger partial charge in [0.05, 0.1) is 30.6 Å². The lowest BCUT2D eigenvalue weighted by Gasteiger charge is -2.17. The SMILES string of the molecule is C=Cc1ncc(-c2nn(CC(F)(F)F)c3cc(C(=O)N4CC5COCC5C4)ncc23)n1/C=C/F.F. The van der Waals surface area contributed by atoms with Crippen LogP contribution in [0.5, 0.6) is 0 Å². The molecule has 2 fully saturated rings. The fraction of sp³-hybridized carbons (Fsp3) is 0.364. The number of fused-ring (bicyclic) bond motifs is 2. The van der Waals surface area contributed by atoms with Gasteiger partial charge in [-0.15, -0.1) is 0 Å². The van der Waals surface area contributed by atoms with E-state index in [1.807, 2.05) is 0 Å². The van der Waals surface area contributed by atoms with E-state index in [4.69, 9.17) is 4.74 Å². The molecule has 0 aromatic carbocycles. The summed E-state index contributed by atoms with van der Waals surface area (Å²) in [5.41, 5.74) is 0.498. The van der Waals surface area contributed by atoms with Gasteiger partial charge in [0.15, 0.2) is 0 Å². The van der Waals surface area contributed by atoms with Crippen molar-refractivity contribution in [1.82, 2.24) is 29.2 Å². The molecule has 5 heterocycles. The Bertz CT molecular complexity index is 1290. The van der Waals surface area contributed by atoms with Crippen LogP contribution in [0.2, 0.25) is 0 Å². The minimum absolute atomic E-state index is 0. The summed E-state index contributed by atoms with van der Waals surface area (Å²) in [6.45, 7) is 4.48. The van der Waals surface area contributed by atoms with Gasteiger partial charge in [0, 0.05) is 42.7 Å². The predicted octanol–water partition coefficient (Wildman–Crippen LogP) is 3.77. The molecule has 3 aromatic heterocycles. The highest BCUT2D eigenvalue weighted by molar-refractivity contribution is 5.99. The lowest BCUT2D eigenvalue weighted by Crippen LogP contribution is -2.31. The monoisotopic (exact) mass is 496 g/mol. The number of pyridine rings is 1. The van der Waals surface area contributed by atoms with E-state index < -0.39 is 12.7 Å². The third-order valence-corrected chi connectivity index (χ3v) is 6.17. The summed E-state index contributed by atoms with van der Waals surface area (Å²) in [5.74, 6) is 0.457. The molecule has 0 radical (unpaired) electrons. The second-order valence-corrected chi connectivity index (χ2v) is 8.33. The number of likely N-dealkylation sites (tertiary alicyclic amines) is 1. The summed E-state index contributed by atoms with van der Waals surface area (Å²) < 4.78 is 60.5. The summed E-state index contributed by atoms with van der Waals surface area (Å²) in [4.78, 5) is 23.1. The van der Waals surface area contributed by atoms with Gasteiger partial charge >= 0.3 is 6.18 Å². The molecule has 8 nitrogen and oxygen atoms in total. The van der Waals surface area contributed by atoms with E-state index >= 15 is 0 Å². The van der Waals surface area contributed by atoms with Crippen LogP contribution < -0.4 is 0 Å². The fourth-order valence-corrected chi connectivity index (χ4v) is 4.60. The molecule has 35 heavy (non-hydrogen) atoms. The number of aromatic nitrogens is 5. The van der Waals surface area contributed by atoms with Gasteiger partial charge in [-0.05, 0) is 12.1 Å². The van der Waals surface area contributed by atoms with E-state index in [-0.39, 0.29) is 62.6 Å². The van der Waals surface area contributed by atoms with E-state index in [2.05, 4.69) is 21.6 Å². The molecule has 0 saturated carbocycles. The predicted molar refractivity (Wildman–Crippen MR) is 118 cm³/mol. The minimum atomic E-state index is -4.55. The average molecular weight is 496 g/mol. The normalized spacial score (nSPS) is 19.9. The zero-order valence-electron chi connectivity index (χ0n) is 18.3. The molecule has 1 amide bonds. The zero-order chi connectivity index (χ0) is 24.0. The maximum atomic E-state index is 13.3. The molecule has 2 saturated heterocycles. The van der Waals surface area contributed by atoms with Gasteiger partial charge in [0.25, 0.3) is 5.91 Å². The van der Waals surface area contributed by atoms with Crippen molar-refractivity contribution in [3.05, 3.63) is 42.9 Å². The van der Waals surface area contributed by atoms with Gasteiger partial charge in [-0.25, -0.2) is 9.37 Å². The Balaban J connectivity index is 0.00000289. The molecule has 2 unspecified atom stereocenters. The Labute approximate surface area is 195 Å². The number of ether oxygens (including phenoxy) is 1. The second kappa shape index (κ2) is 9.21. The van der Waals surface area contributed by atoms with Crippen LogP contribution in [0.25, 0.3) is 34.6 Å². The molecule has 5 rings (SSSR count). The first-order valence-electron chi connectivity index (χ1n) is 10.6. The van der Waals surface area contributed by atoms with Crippen molar-refractivity contribution < 1.29 is 31.8 Å². The standard InChI is InChI=1S/C22H20F4N6O2.FH/c1-2-19-28-7-18(31(19)4-3-23)20-15-6-27-16(5-17(15)32(29-20)12-22(24,25)26)21(33)30-8-13-10-34-11-14(13)9-30;/h2-7,13-14H,1,8-12H2;1H/b4-3+;. The van der Waals surface area contributed by atoms with Crippen LogP contribution in [0.4, 0.5) is 22.3 Å². The summed E-state index contributed by atoms with van der Waals surface area (Å²) >= 11 is 0. The quantitative estimate of drug-likeness (QED) is 0.503. The number of hydrogen-bond acceptors (Lipinski definition) is 5. The number of carbonyl (C=O) groups is 1. The molecule has 13 heteroatoms. The average Bonchev–Trinajstić information content (AvgIpc) is 3.55. The number of halogens is 5. The van der Waals surface area contributed by atoms with E-state index in [9.17, 15) is 22.4 Å². The van der Waals surface area contributed by atoms with Crippen LogP contribution in [0.1, 0.15) is 16.3 Å². The highest BCUT2D eigenvalue weighted by atomic mass is 19.4. The minimum Gasteiger partial charge on any atom is -0.381 e. The first-order chi connectivity index (χ1) is 16.3. The molecule has 0 spiro atoms. The molecule has 2 atom stereocenters. The van der Waals surface area contributed by atoms with Crippen molar-refractivity contribution >= 4 is 29.1 Å². The number of rotatable bonds is 5. The molecule has 2 aliphatic heterocycles. The molecule has 186 valence electrons. The Kier molecular flexibility index (Phi) is 6.45. The Morgan fingerprint density at radius 1 is 1.20 bits per heavy atom. The fourth-order valence-electron chi connectivity index (χ4n) is 4.60. The third kappa shape index (κ3) is 4.43. The van der Waals surface area contributed by atoms with Crippen LogP contribution in [-0.2, 0) is 11.3 Å². The highest BCUT2D eigenvalue weighted by Crippen LogP contribution is 2.33. The maximum Gasteiger partial charge on any atom is 0.408 e. The van der Waals surface area contributed by atoms with Gasteiger partial charge in [0.2, 0.25) is 0 Å². The topological polar surface area (TPSA) is 78.1 Å². The smallest absolute Gasteiger partial charge is 0.381 e. The summed E-state index contributed by atoms with van der Waals surface area (Å²) in [7, 11) is 0. The zero-order valence-corrected chi connectivity index (χ0v) is 18.3. The Morgan fingerprint density at radius 3 is 2.54 bits per heavy atom. The van der Waals surface area contributed by atoms with Crippen molar-refractivity contribution in [3.8, 4) is 11.4 Å². The van der Waals surface area contributed by atoms with Crippen LogP contribution >= 0.6 is 0 Å². The number of amides is 1. The molecular weight excluding hydrogens is 475 g/mol. The Morgan fingerprint density at radius 2 is 1.91 bits per heavy atom. The number of hydrogen-bond donors (Lipinski definition) is 0. The maximum absolute atomic E-state index is 13.3. The first kappa shape index (κ1) is 24.5. The molecule has 0 N–H and O–H groups in total. The highest BCUT2D eigenvalue weighted by Gasteiger charge is 2.39. The van der Waals surface area contributed by atoms with Gasteiger partial charge in [-0.3, -0.25) is 23.7 Å². The summed E-state index contributed by atoms with van der Waals surface area (Å²) in [5, 5.41) is 4.42. The second-order valence-electron chi connectivity index (χ2n) is 8.33. The van der Waals surface area contributed by atoms with Crippen molar-refractivity contribution in [2.24, 2.45) is 11.8 Å². The molecule has 3 aromatic rings. The van der Waals surface area contributed by atoms with Crippen molar-refractivity contribution in [3.63, 3.8) is 0 Å². The number of imidazole rings is 1. The van der Waals surface area contributed by atoms with Crippen molar-refractivity contribution in [2.45, 2.75) is 12.7 Å². The molecular formula is C22H21F5N6O2. The number of carbonyl (C=O) groups excluding carboxylic acids is 1. The van der Waals surface area contributed by atoms with Crippen LogP contribution in [-0.4, -0.2) is 67.6 Å². The van der Waals surface area contributed by atoms with Gasteiger partial charge < -0.3 is 9.64 Å². The van der Waals surface area contributed by atoms with E-state index in [0.29, 0.717) is 26.3 Å². The van der Waals surface area contributed by atoms with Gasteiger partial charge in [-0.1, -0.05) is 6.58 Å². The number of alkyl halides is 3. The van der Waals surface area contributed by atoms with Crippen molar-refractivity contribution in [1.29, 1.82) is 0 Å². The summed E-state index contributed by atoms with van der Waals surface area (Å²) in [6.07, 6.45) is 0.847. The van der Waals surface area contributed by atoms with Crippen LogP contribution in [0.3, 0.4) is 0 Å². The first-order valence-corrected chi connectivity index (χ1v) is 10.6. The van der Waals surface area contributed by atoms with Crippen molar-refractivity contribution in [2.75, 3.05) is 26.3 Å². The molecule has 0 bridgehead atoms. The van der Waals surface area contributed by atoms with Gasteiger partial charge in [0.1, 0.15) is 30.1 Å². The Hall–Kier alpha value is -3.61. The lowest BCUT2D eigenvalue weighted by molar-refractivity contribution is -0.141.